The van der Waals surface area contributed by atoms with Crippen molar-refractivity contribution in [3.63, 3.8) is 0 Å². The van der Waals surface area contributed by atoms with Crippen molar-refractivity contribution in [2.24, 2.45) is 0 Å². The molecule has 0 unspecified atom stereocenters. The Balaban J connectivity index is 1.33. The molecule has 2 amide bonds. The third-order valence-electron chi connectivity index (χ3n) is 6.09. The van der Waals surface area contributed by atoms with Crippen molar-refractivity contribution in [2.75, 3.05) is 36.4 Å². The Kier molecular flexibility index (Phi) is 6.30. The number of rotatable bonds is 6. The molecule has 154 valence electrons. The van der Waals surface area contributed by atoms with E-state index in [9.17, 15) is 4.79 Å². The van der Waals surface area contributed by atoms with Crippen LogP contribution in [0.4, 0.5) is 16.3 Å². The van der Waals surface area contributed by atoms with E-state index in [0.29, 0.717) is 12.6 Å². The fourth-order valence-corrected chi connectivity index (χ4v) is 4.41. The molecule has 1 fully saturated rings. The summed E-state index contributed by atoms with van der Waals surface area (Å²) in [5, 5.41) is 6.10. The molecule has 1 atom stereocenters. The number of hydrogen-bond acceptors (Lipinski definition) is 4. The van der Waals surface area contributed by atoms with E-state index in [1.165, 1.54) is 24.0 Å². The molecule has 2 N–H and O–H groups in total. The van der Waals surface area contributed by atoms with Crippen molar-refractivity contribution in [2.45, 2.75) is 45.2 Å². The number of fused-ring (bicyclic) bond motifs is 1. The van der Waals surface area contributed by atoms with Crippen molar-refractivity contribution in [1.82, 2.24) is 15.2 Å². The summed E-state index contributed by atoms with van der Waals surface area (Å²) in [5.41, 5.74) is 3.65. The highest BCUT2D eigenvalue weighted by Gasteiger charge is 2.23. The number of aromatic nitrogens is 1. The Hall–Kier alpha value is -2.60. The second kappa shape index (κ2) is 9.27. The Labute approximate surface area is 173 Å². The van der Waals surface area contributed by atoms with Gasteiger partial charge in [0.25, 0.3) is 0 Å². The van der Waals surface area contributed by atoms with Gasteiger partial charge in [0.2, 0.25) is 0 Å². The highest BCUT2D eigenvalue weighted by molar-refractivity contribution is 5.92. The summed E-state index contributed by atoms with van der Waals surface area (Å²) in [5.74, 6) is 0.875. The normalized spacial score (nSPS) is 17.6. The predicted molar refractivity (Wildman–Crippen MR) is 117 cm³/mol. The van der Waals surface area contributed by atoms with E-state index in [0.717, 1.165) is 50.5 Å². The first-order chi connectivity index (χ1) is 14.2. The van der Waals surface area contributed by atoms with Crippen LogP contribution in [0.15, 0.2) is 42.6 Å². The van der Waals surface area contributed by atoms with Crippen LogP contribution in [0.5, 0.6) is 0 Å². The maximum Gasteiger partial charge on any atom is 0.319 e. The minimum absolute atomic E-state index is 0.158. The Morgan fingerprint density at radius 3 is 2.69 bits per heavy atom. The molecule has 3 heterocycles. The highest BCUT2D eigenvalue weighted by atomic mass is 16.2. The number of carbonyl (C=O) groups excluding carboxylic acids is 1. The van der Waals surface area contributed by atoms with Gasteiger partial charge in [0.15, 0.2) is 5.82 Å². The number of nitrogens with one attached hydrogen (secondary N) is 2. The minimum atomic E-state index is -0.158. The summed E-state index contributed by atoms with van der Waals surface area (Å²) >= 11 is 0. The summed E-state index contributed by atoms with van der Waals surface area (Å²) in [6.45, 7) is 6.84. The molecule has 4 rings (SSSR count). The highest BCUT2D eigenvalue weighted by Crippen LogP contribution is 2.26. The zero-order valence-electron chi connectivity index (χ0n) is 17.2. The van der Waals surface area contributed by atoms with Crippen LogP contribution in [0.3, 0.4) is 0 Å². The molecule has 2 aromatic rings. The van der Waals surface area contributed by atoms with Crippen molar-refractivity contribution >= 4 is 17.5 Å². The van der Waals surface area contributed by atoms with Gasteiger partial charge >= 0.3 is 6.03 Å². The first-order valence-corrected chi connectivity index (χ1v) is 10.8. The summed E-state index contributed by atoms with van der Waals surface area (Å²) in [6.07, 6.45) is 6.23. The predicted octanol–water partition coefficient (Wildman–Crippen LogP) is 3.64. The molecule has 1 aromatic heterocycles. The first kappa shape index (κ1) is 19.7. The van der Waals surface area contributed by atoms with Gasteiger partial charge in [0.1, 0.15) is 0 Å². The number of anilines is 2. The van der Waals surface area contributed by atoms with Gasteiger partial charge in [-0.15, -0.1) is 0 Å². The number of carbonyl (C=O) groups is 1. The Bertz CT molecular complexity index is 834. The smallest absolute Gasteiger partial charge is 0.319 e. The summed E-state index contributed by atoms with van der Waals surface area (Å²) in [7, 11) is 0. The Morgan fingerprint density at radius 2 is 1.90 bits per heavy atom. The van der Waals surface area contributed by atoms with Crippen molar-refractivity contribution < 1.29 is 4.79 Å². The molecule has 0 aliphatic carbocycles. The second-order valence-corrected chi connectivity index (χ2v) is 7.96. The maximum atomic E-state index is 12.6. The molecule has 2 aliphatic heterocycles. The van der Waals surface area contributed by atoms with E-state index in [1.54, 1.807) is 6.20 Å². The van der Waals surface area contributed by atoms with Gasteiger partial charge in [0.05, 0.1) is 5.69 Å². The number of amides is 2. The lowest BCUT2D eigenvalue weighted by Crippen LogP contribution is -2.46. The molecule has 29 heavy (non-hydrogen) atoms. The zero-order chi connectivity index (χ0) is 20.1. The monoisotopic (exact) mass is 393 g/mol. The van der Waals surface area contributed by atoms with Crippen LogP contribution in [0.1, 0.15) is 37.3 Å². The minimum Gasteiger partial charge on any atom is -0.355 e. The molecular weight excluding hydrogens is 362 g/mol. The molecule has 1 saturated heterocycles. The van der Waals surface area contributed by atoms with Crippen molar-refractivity contribution in [1.29, 1.82) is 0 Å². The summed E-state index contributed by atoms with van der Waals surface area (Å²) in [6, 6.07) is 12.7. The lowest BCUT2D eigenvalue weighted by molar-refractivity contribution is 0.170. The van der Waals surface area contributed by atoms with E-state index in [4.69, 9.17) is 0 Å². The SMILES string of the molecule is CC[C@H](CNC(=O)Nc1cccnc1N1CCCC1)N1CCc2ccccc2C1. The van der Waals surface area contributed by atoms with E-state index in [1.807, 2.05) is 12.1 Å². The average Bonchev–Trinajstić information content (AvgIpc) is 3.29. The fraction of sp³-hybridized carbons (Fsp3) is 0.478. The van der Waals surface area contributed by atoms with Crippen LogP contribution in [0, 0.1) is 0 Å². The summed E-state index contributed by atoms with van der Waals surface area (Å²) < 4.78 is 0. The van der Waals surface area contributed by atoms with Gasteiger partial charge in [-0.2, -0.15) is 0 Å². The lowest BCUT2D eigenvalue weighted by atomic mass is 9.98. The topological polar surface area (TPSA) is 60.5 Å². The van der Waals surface area contributed by atoms with Gasteiger partial charge in [-0.1, -0.05) is 31.2 Å². The molecule has 0 radical (unpaired) electrons. The van der Waals surface area contributed by atoms with Gasteiger partial charge < -0.3 is 15.5 Å². The van der Waals surface area contributed by atoms with E-state index in [-0.39, 0.29) is 6.03 Å². The number of pyridine rings is 1. The largest absolute Gasteiger partial charge is 0.355 e. The van der Waals surface area contributed by atoms with Gasteiger partial charge in [-0.25, -0.2) is 9.78 Å². The lowest BCUT2D eigenvalue weighted by Gasteiger charge is -2.35. The zero-order valence-corrected chi connectivity index (χ0v) is 17.2. The molecule has 6 heteroatoms. The van der Waals surface area contributed by atoms with Gasteiger partial charge in [0, 0.05) is 45.0 Å². The van der Waals surface area contributed by atoms with Crippen molar-refractivity contribution in [3.8, 4) is 0 Å². The third kappa shape index (κ3) is 4.70. The quantitative estimate of drug-likeness (QED) is 0.787. The second-order valence-electron chi connectivity index (χ2n) is 7.96. The van der Waals surface area contributed by atoms with Crippen LogP contribution >= 0.6 is 0 Å². The van der Waals surface area contributed by atoms with Gasteiger partial charge in [-0.3, -0.25) is 4.90 Å². The molecule has 1 aromatic carbocycles. The number of urea groups is 1. The molecule has 6 nitrogen and oxygen atoms in total. The molecule has 2 aliphatic rings. The van der Waals surface area contributed by atoms with E-state index >= 15 is 0 Å². The number of benzene rings is 1. The standard InChI is InChI=1S/C23H31N5O/c1-2-20(28-15-11-18-8-3-4-9-19(18)17-28)16-25-23(29)26-21-10-7-12-24-22(21)27-13-5-6-14-27/h3-4,7-10,12,20H,2,5-6,11,13-17H2,1H3,(H2,25,26,29)/t20-/m1/s1. The molecule has 0 spiro atoms. The molecule has 0 saturated carbocycles. The summed E-state index contributed by atoms with van der Waals surface area (Å²) in [4.78, 5) is 21.8. The fourth-order valence-electron chi connectivity index (χ4n) is 4.41. The first-order valence-electron chi connectivity index (χ1n) is 10.8. The van der Waals surface area contributed by atoms with Crippen LogP contribution in [0.25, 0.3) is 0 Å². The van der Waals surface area contributed by atoms with E-state index in [2.05, 4.69) is 56.6 Å². The molecular formula is C23H31N5O. The molecule has 0 bridgehead atoms. The van der Waals surface area contributed by atoms with Crippen LogP contribution in [-0.2, 0) is 13.0 Å². The van der Waals surface area contributed by atoms with Crippen LogP contribution in [-0.4, -0.2) is 48.1 Å². The van der Waals surface area contributed by atoms with Crippen LogP contribution in [0.2, 0.25) is 0 Å². The van der Waals surface area contributed by atoms with E-state index < -0.39 is 0 Å². The van der Waals surface area contributed by atoms with Crippen LogP contribution < -0.4 is 15.5 Å². The van der Waals surface area contributed by atoms with Crippen molar-refractivity contribution in [3.05, 3.63) is 53.7 Å². The van der Waals surface area contributed by atoms with Gasteiger partial charge in [-0.05, 0) is 48.9 Å². The third-order valence-corrected chi connectivity index (χ3v) is 6.09. The maximum absolute atomic E-state index is 12.6. The number of hydrogen-bond donors (Lipinski definition) is 2. The average molecular weight is 394 g/mol. The number of nitrogens with zero attached hydrogens (tertiary/aromatic N) is 3. The Morgan fingerprint density at radius 1 is 1.10 bits per heavy atom.